The number of rotatable bonds is 9. The van der Waals surface area contributed by atoms with Gasteiger partial charge in [0.1, 0.15) is 17.1 Å². The van der Waals surface area contributed by atoms with Crippen molar-refractivity contribution >= 4 is 28.6 Å². The van der Waals surface area contributed by atoms with Gasteiger partial charge in [-0.05, 0) is 55.2 Å². The van der Waals surface area contributed by atoms with E-state index in [0.717, 1.165) is 42.0 Å². The molecule has 1 aliphatic rings. The van der Waals surface area contributed by atoms with Crippen LogP contribution in [0.5, 0.6) is 5.75 Å². The normalized spacial score (nSPS) is 14.4. The lowest BCUT2D eigenvalue weighted by atomic mass is 10.1. The second-order valence-corrected chi connectivity index (χ2v) is 10.1. The number of ether oxygens (including phenoxy) is 1. The Bertz CT molecular complexity index is 1160. The van der Waals surface area contributed by atoms with E-state index in [0.29, 0.717) is 36.8 Å². The average molecular weight is 507 g/mol. The summed E-state index contributed by atoms with van der Waals surface area (Å²) in [7, 11) is 1.67. The highest BCUT2D eigenvalue weighted by molar-refractivity contribution is 7.92. The van der Waals surface area contributed by atoms with Gasteiger partial charge in [-0.15, -0.1) is 0 Å². The number of amides is 1. The first-order valence-corrected chi connectivity index (χ1v) is 13.6. The molecule has 1 N–H and O–H groups in total. The second kappa shape index (κ2) is 12.1. The van der Waals surface area contributed by atoms with Crippen LogP contribution in [0.1, 0.15) is 41.3 Å². The predicted molar refractivity (Wildman–Crippen MR) is 145 cm³/mol. The fourth-order valence-electron chi connectivity index (χ4n) is 4.33. The Labute approximate surface area is 216 Å². The molecule has 8 heteroatoms. The first-order chi connectivity index (χ1) is 17.5. The molecule has 1 amide bonds. The molecule has 1 unspecified atom stereocenters. The van der Waals surface area contributed by atoms with Crippen molar-refractivity contribution in [3.8, 4) is 5.75 Å². The van der Waals surface area contributed by atoms with Crippen molar-refractivity contribution < 1.29 is 14.1 Å². The summed E-state index contributed by atoms with van der Waals surface area (Å²) in [5.41, 5.74) is 4.37. The maximum Gasteiger partial charge on any atom is 0.272 e. The quantitative estimate of drug-likeness (QED) is 0.419. The van der Waals surface area contributed by atoms with Crippen molar-refractivity contribution in [2.75, 3.05) is 42.9 Å². The lowest BCUT2D eigenvalue weighted by Crippen LogP contribution is -2.49. The number of para-hydroxylation sites is 2. The van der Waals surface area contributed by atoms with E-state index >= 15 is 0 Å². The lowest BCUT2D eigenvalue weighted by Gasteiger charge is -2.36. The van der Waals surface area contributed by atoms with Gasteiger partial charge in [-0.1, -0.05) is 37.6 Å². The maximum atomic E-state index is 13.4. The first kappa shape index (κ1) is 25.9. The molecule has 1 saturated heterocycles. The summed E-state index contributed by atoms with van der Waals surface area (Å²) in [4.78, 5) is 21.8. The molecule has 7 nitrogen and oxygen atoms in total. The van der Waals surface area contributed by atoms with E-state index in [9.17, 15) is 9.35 Å². The summed E-state index contributed by atoms with van der Waals surface area (Å²) in [6, 6.07) is 17.6. The number of unbranched alkanes of at least 4 members (excludes halogenated alkanes) is 1. The van der Waals surface area contributed by atoms with Crippen LogP contribution in [0.3, 0.4) is 0 Å². The first-order valence-electron chi connectivity index (χ1n) is 12.4. The van der Waals surface area contributed by atoms with Gasteiger partial charge in [0.2, 0.25) is 0 Å². The molecule has 1 aromatic heterocycles. The number of carbonyl (C=O) groups is 1. The molecule has 4 rings (SSSR count). The molecule has 36 heavy (non-hydrogen) atoms. The number of benzene rings is 2. The molecular formula is C28H34N4O3S. The van der Waals surface area contributed by atoms with E-state index in [1.807, 2.05) is 48.2 Å². The van der Waals surface area contributed by atoms with Crippen molar-refractivity contribution in [2.45, 2.75) is 38.1 Å². The minimum absolute atomic E-state index is 0.0619. The smallest absolute Gasteiger partial charge is 0.272 e. The number of hydrogen-bond acceptors (Lipinski definition) is 6. The van der Waals surface area contributed by atoms with Gasteiger partial charge >= 0.3 is 0 Å². The van der Waals surface area contributed by atoms with Gasteiger partial charge in [0, 0.05) is 38.4 Å². The van der Waals surface area contributed by atoms with Crippen LogP contribution in [0.2, 0.25) is 0 Å². The molecule has 190 valence electrons. The Morgan fingerprint density at radius 1 is 1.11 bits per heavy atom. The predicted octanol–water partition coefficient (Wildman–Crippen LogP) is 4.84. The molecule has 2 aromatic carbocycles. The highest BCUT2D eigenvalue weighted by Crippen LogP contribution is 2.29. The van der Waals surface area contributed by atoms with Crippen molar-refractivity contribution in [2.24, 2.45) is 0 Å². The number of aromatic nitrogens is 1. The van der Waals surface area contributed by atoms with Crippen LogP contribution in [-0.4, -0.2) is 53.6 Å². The van der Waals surface area contributed by atoms with E-state index < -0.39 is 11.4 Å². The molecule has 2 heterocycles. The van der Waals surface area contributed by atoms with E-state index in [4.69, 9.17) is 4.74 Å². The van der Waals surface area contributed by atoms with Gasteiger partial charge in [0.05, 0.1) is 24.0 Å². The number of piperazine rings is 1. The second-order valence-electron chi connectivity index (χ2n) is 8.96. The van der Waals surface area contributed by atoms with Crippen LogP contribution in [0.4, 0.5) is 11.4 Å². The molecular weight excluding hydrogens is 472 g/mol. The molecule has 1 aliphatic heterocycles. The minimum atomic E-state index is -1.57. The zero-order chi connectivity index (χ0) is 25.5. The van der Waals surface area contributed by atoms with Gasteiger partial charge in [-0.3, -0.25) is 4.79 Å². The molecule has 0 bridgehead atoms. The van der Waals surface area contributed by atoms with Crippen LogP contribution >= 0.6 is 0 Å². The van der Waals surface area contributed by atoms with E-state index in [1.165, 1.54) is 5.56 Å². The molecule has 1 atom stereocenters. The van der Waals surface area contributed by atoms with Crippen molar-refractivity contribution in [1.29, 1.82) is 0 Å². The van der Waals surface area contributed by atoms with Crippen LogP contribution in [0.25, 0.3) is 0 Å². The summed E-state index contributed by atoms with van der Waals surface area (Å²) in [5.74, 6) is 0.769. The SMILES string of the molecule is CCCCc1ccc(N[S+]([O-])c2cc(C(=O)N3CCN(c4ccccc4OC)CC3)c(C)cn2)cc1. The van der Waals surface area contributed by atoms with E-state index in [-0.39, 0.29) is 5.91 Å². The highest BCUT2D eigenvalue weighted by atomic mass is 32.2. The number of pyridine rings is 1. The third kappa shape index (κ3) is 6.12. The van der Waals surface area contributed by atoms with Gasteiger partial charge < -0.3 is 19.1 Å². The number of carbonyl (C=O) groups excluding carboxylic acids is 1. The fraction of sp³-hybridized carbons (Fsp3) is 0.357. The number of anilines is 2. The molecule has 0 radical (unpaired) electrons. The minimum Gasteiger partial charge on any atom is -0.587 e. The number of hydrogen-bond donors (Lipinski definition) is 1. The Balaban J connectivity index is 1.40. The van der Waals surface area contributed by atoms with Crippen LogP contribution < -0.4 is 14.4 Å². The number of nitrogens with one attached hydrogen (secondary N) is 1. The summed E-state index contributed by atoms with van der Waals surface area (Å²) in [6.07, 6.45) is 4.97. The molecule has 0 spiro atoms. The van der Waals surface area contributed by atoms with Crippen LogP contribution in [-0.2, 0) is 17.8 Å². The van der Waals surface area contributed by atoms with E-state index in [2.05, 4.69) is 33.7 Å². The van der Waals surface area contributed by atoms with Crippen molar-refractivity contribution in [1.82, 2.24) is 9.88 Å². The molecule has 0 saturated carbocycles. The van der Waals surface area contributed by atoms with Gasteiger partial charge in [-0.2, -0.15) is 0 Å². The zero-order valence-corrected chi connectivity index (χ0v) is 22.0. The monoisotopic (exact) mass is 506 g/mol. The Hall–Kier alpha value is -3.23. The van der Waals surface area contributed by atoms with Gasteiger partial charge in [0.25, 0.3) is 10.9 Å². The standard InChI is InChI=1S/C28H34N4O3S/c1-4-5-8-22-11-13-23(14-12-22)30-36(34)27-19-24(21(2)20-29-27)28(33)32-17-15-31(16-18-32)25-9-6-7-10-26(25)35-3/h6-7,9-14,19-20,30H,4-5,8,15-18H2,1-3H3. The van der Waals surface area contributed by atoms with Crippen molar-refractivity contribution in [3.05, 3.63) is 77.5 Å². The van der Waals surface area contributed by atoms with Gasteiger partial charge in [-0.25, -0.2) is 9.71 Å². The Kier molecular flexibility index (Phi) is 8.72. The van der Waals surface area contributed by atoms with Crippen LogP contribution in [0.15, 0.2) is 65.8 Å². The lowest BCUT2D eigenvalue weighted by molar-refractivity contribution is 0.0745. The molecule has 0 aliphatic carbocycles. The summed E-state index contributed by atoms with van der Waals surface area (Å²) >= 11 is -1.57. The van der Waals surface area contributed by atoms with Crippen molar-refractivity contribution in [3.63, 3.8) is 0 Å². The average Bonchev–Trinajstić information content (AvgIpc) is 2.92. The number of methoxy groups -OCH3 is 1. The summed E-state index contributed by atoms with van der Waals surface area (Å²) < 4.78 is 21.5. The summed E-state index contributed by atoms with van der Waals surface area (Å²) in [5, 5.41) is 0.340. The maximum absolute atomic E-state index is 13.4. The Morgan fingerprint density at radius 2 is 1.83 bits per heavy atom. The summed E-state index contributed by atoms with van der Waals surface area (Å²) in [6.45, 7) is 6.66. The topological polar surface area (TPSA) is 80.8 Å². The molecule has 1 fully saturated rings. The fourth-order valence-corrected chi connectivity index (χ4v) is 5.16. The number of nitrogens with zero attached hydrogens (tertiary/aromatic N) is 3. The number of aryl methyl sites for hydroxylation is 2. The van der Waals surface area contributed by atoms with Crippen LogP contribution in [0, 0.1) is 6.92 Å². The van der Waals surface area contributed by atoms with E-state index in [1.54, 1.807) is 19.4 Å². The third-order valence-corrected chi connectivity index (χ3v) is 7.50. The highest BCUT2D eigenvalue weighted by Gasteiger charge is 2.26. The molecule has 3 aromatic rings. The largest absolute Gasteiger partial charge is 0.587 e. The Morgan fingerprint density at radius 3 is 2.53 bits per heavy atom. The zero-order valence-electron chi connectivity index (χ0n) is 21.2. The third-order valence-electron chi connectivity index (χ3n) is 6.47. The van der Waals surface area contributed by atoms with Gasteiger partial charge in [0.15, 0.2) is 0 Å².